The molecular formula is C19H20Cl2N2O3S. The number of hydrogen-bond acceptors (Lipinski definition) is 3. The fourth-order valence-electron chi connectivity index (χ4n) is 3.08. The number of rotatable bonds is 4. The number of nitrogens with zero attached hydrogens (tertiary/aromatic N) is 1. The van der Waals surface area contributed by atoms with E-state index in [9.17, 15) is 13.2 Å². The van der Waals surface area contributed by atoms with E-state index in [1.807, 2.05) is 0 Å². The largest absolute Gasteiger partial charge is 0.321 e. The normalized spacial score (nSPS) is 18.3. The Balaban J connectivity index is 1.76. The zero-order valence-electron chi connectivity index (χ0n) is 14.8. The van der Waals surface area contributed by atoms with Crippen LogP contribution in [0.4, 0.5) is 5.69 Å². The Kier molecular flexibility index (Phi) is 6.11. The van der Waals surface area contributed by atoms with Crippen molar-refractivity contribution in [2.24, 2.45) is 5.92 Å². The van der Waals surface area contributed by atoms with Crippen LogP contribution in [0.3, 0.4) is 0 Å². The van der Waals surface area contributed by atoms with Crippen molar-refractivity contribution in [3.63, 3.8) is 0 Å². The van der Waals surface area contributed by atoms with Gasteiger partial charge in [-0.2, -0.15) is 4.31 Å². The maximum atomic E-state index is 12.8. The minimum absolute atomic E-state index is 0.189. The van der Waals surface area contributed by atoms with E-state index in [1.54, 1.807) is 18.2 Å². The molecule has 8 heteroatoms. The standard InChI is InChI=1S/C19H20Cl2N2O3S/c1-13-3-2-10-23(12-13)27(25,26)16-7-4-14(5-8-16)19(24)22-18-11-15(20)6-9-17(18)21/h4-9,11,13H,2-3,10,12H2,1H3,(H,22,24). The second kappa shape index (κ2) is 8.19. The molecule has 0 aliphatic carbocycles. The molecule has 2 aromatic rings. The van der Waals surface area contributed by atoms with Crippen LogP contribution < -0.4 is 5.32 Å². The summed E-state index contributed by atoms with van der Waals surface area (Å²) in [6, 6.07) is 10.7. The van der Waals surface area contributed by atoms with Gasteiger partial charge in [0.25, 0.3) is 5.91 Å². The van der Waals surface area contributed by atoms with Crippen LogP contribution in [-0.2, 0) is 10.0 Å². The number of sulfonamides is 1. The van der Waals surface area contributed by atoms with Gasteiger partial charge in [-0.15, -0.1) is 0 Å². The third kappa shape index (κ3) is 4.63. The van der Waals surface area contributed by atoms with E-state index < -0.39 is 15.9 Å². The van der Waals surface area contributed by atoms with Crippen molar-refractivity contribution in [2.45, 2.75) is 24.7 Å². The van der Waals surface area contributed by atoms with E-state index >= 15 is 0 Å². The quantitative estimate of drug-likeness (QED) is 0.772. The Labute approximate surface area is 169 Å². The van der Waals surface area contributed by atoms with Crippen molar-refractivity contribution < 1.29 is 13.2 Å². The number of halogens is 2. The Morgan fingerprint density at radius 3 is 2.52 bits per heavy atom. The molecule has 3 rings (SSSR count). The van der Waals surface area contributed by atoms with Crippen LogP contribution in [0.1, 0.15) is 30.1 Å². The first-order chi connectivity index (χ1) is 12.8. The van der Waals surface area contributed by atoms with Gasteiger partial charge in [0.2, 0.25) is 10.0 Å². The molecule has 0 spiro atoms. The topological polar surface area (TPSA) is 66.5 Å². The molecule has 1 unspecified atom stereocenters. The summed E-state index contributed by atoms with van der Waals surface area (Å²) in [5, 5.41) is 3.50. The van der Waals surface area contributed by atoms with Gasteiger partial charge >= 0.3 is 0 Å². The molecule has 1 aliphatic rings. The van der Waals surface area contributed by atoms with E-state index in [0.29, 0.717) is 40.3 Å². The predicted molar refractivity (Wildman–Crippen MR) is 108 cm³/mol. The average molecular weight is 427 g/mol. The molecule has 1 amide bonds. The number of nitrogens with one attached hydrogen (secondary N) is 1. The highest BCUT2D eigenvalue weighted by Gasteiger charge is 2.28. The van der Waals surface area contributed by atoms with Crippen molar-refractivity contribution in [1.82, 2.24) is 4.31 Å². The number of anilines is 1. The van der Waals surface area contributed by atoms with Crippen LogP contribution in [-0.4, -0.2) is 31.7 Å². The van der Waals surface area contributed by atoms with Gasteiger partial charge in [0, 0.05) is 23.7 Å². The van der Waals surface area contributed by atoms with Gasteiger partial charge in [-0.05, 0) is 61.2 Å². The summed E-state index contributed by atoms with van der Waals surface area (Å²) in [5.41, 5.74) is 0.727. The van der Waals surface area contributed by atoms with Gasteiger partial charge in [0.1, 0.15) is 0 Å². The van der Waals surface area contributed by atoms with Gasteiger partial charge in [0.05, 0.1) is 15.6 Å². The molecular weight excluding hydrogens is 407 g/mol. The summed E-state index contributed by atoms with van der Waals surface area (Å²) in [6.45, 7) is 3.11. The molecule has 1 aliphatic heterocycles. The zero-order valence-corrected chi connectivity index (χ0v) is 17.1. The van der Waals surface area contributed by atoms with Crippen LogP contribution in [0.15, 0.2) is 47.4 Å². The molecule has 0 radical (unpaired) electrons. The number of benzene rings is 2. The lowest BCUT2D eigenvalue weighted by Crippen LogP contribution is -2.39. The zero-order chi connectivity index (χ0) is 19.6. The molecule has 1 N–H and O–H groups in total. The Bertz CT molecular complexity index is 946. The lowest BCUT2D eigenvalue weighted by atomic mass is 10.0. The van der Waals surface area contributed by atoms with Crippen LogP contribution >= 0.6 is 23.2 Å². The summed E-state index contributed by atoms with van der Waals surface area (Å²) in [4.78, 5) is 12.6. The molecule has 144 valence electrons. The Morgan fingerprint density at radius 2 is 1.85 bits per heavy atom. The number of carbonyl (C=O) groups excluding carboxylic acids is 1. The Morgan fingerprint density at radius 1 is 1.15 bits per heavy atom. The van der Waals surface area contributed by atoms with Crippen molar-refractivity contribution in [1.29, 1.82) is 0 Å². The van der Waals surface area contributed by atoms with Gasteiger partial charge in [0.15, 0.2) is 0 Å². The van der Waals surface area contributed by atoms with Crippen LogP contribution in [0.25, 0.3) is 0 Å². The molecule has 1 saturated heterocycles. The van der Waals surface area contributed by atoms with Crippen molar-refractivity contribution >= 4 is 44.8 Å². The SMILES string of the molecule is CC1CCCN(S(=O)(=O)c2ccc(C(=O)Nc3cc(Cl)ccc3Cl)cc2)C1. The molecule has 0 bridgehead atoms. The molecule has 1 atom stereocenters. The van der Waals surface area contributed by atoms with E-state index in [0.717, 1.165) is 12.8 Å². The fourth-order valence-corrected chi connectivity index (χ4v) is 5.01. The second-order valence-corrected chi connectivity index (χ2v) is 9.49. The highest BCUT2D eigenvalue weighted by atomic mass is 35.5. The smallest absolute Gasteiger partial charge is 0.255 e. The van der Waals surface area contributed by atoms with E-state index in [1.165, 1.54) is 28.6 Å². The number of hydrogen-bond donors (Lipinski definition) is 1. The molecule has 27 heavy (non-hydrogen) atoms. The monoisotopic (exact) mass is 426 g/mol. The highest BCUT2D eigenvalue weighted by molar-refractivity contribution is 7.89. The van der Waals surface area contributed by atoms with Crippen LogP contribution in [0, 0.1) is 5.92 Å². The van der Waals surface area contributed by atoms with Gasteiger partial charge in [-0.25, -0.2) is 8.42 Å². The van der Waals surface area contributed by atoms with Gasteiger partial charge in [-0.3, -0.25) is 4.79 Å². The fraction of sp³-hybridized carbons (Fsp3) is 0.316. The molecule has 2 aromatic carbocycles. The second-order valence-electron chi connectivity index (χ2n) is 6.71. The number of carbonyl (C=O) groups is 1. The van der Waals surface area contributed by atoms with E-state index in [2.05, 4.69) is 12.2 Å². The molecule has 1 fully saturated rings. The summed E-state index contributed by atoms with van der Waals surface area (Å²) in [7, 11) is -3.55. The van der Waals surface area contributed by atoms with E-state index in [-0.39, 0.29) is 4.90 Å². The van der Waals surface area contributed by atoms with Crippen molar-refractivity contribution in [2.75, 3.05) is 18.4 Å². The van der Waals surface area contributed by atoms with E-state index in [4.69, 9.17) is 23.2 Å². The third-order valence-electron chi connectivity index (χ3n) is 4.55. The number of amides is 1. The third-order valence-corrected chi connectivity index (χ3v) is 6.99. The average Bonchev–Trinajstić information content (AvgIpc) is 2.65. The van der Waals surface area contributed by atoms with Crippen molar-refractivity contribution in [3.05, 3.63) is 58.1 Å². The molecule has 0 saturated carbocycles. The summed E-state index contributed by atoms with van der Waals surface area (Å²) in [5.74, 6) is -0.0456. The maximum absolute atomic E-state index is 12.8. The summed E-state index contributed by atoms with van der Waals surface area (Å²) < 4.78 is 27.1. The molecule has 1 heterocycles. The van der Waals surface area contributed by atoms with Gasteiger partial charge < -0.3 is 5.32 Å². The first-order valence-electron chi connectivity index (χ1n) is 8.64. The summed E-state index contributed by atoms with van der Waals surface area (Å²) >= 11 is 12.0. The van der Waals surface area contributed by atoms with Crippen molar-refractivity contribution in [3.8, 4) is 0 Å². The lowest BCUT2D eigenvalue weighted by molar-refractivity contribution is 0.102. The van der Waals surface area contributed by atoms with Crippen LogP contribution in [0.5, 0.6) is 0 Å². The molecule has 5 nitrogen and oxygen atoms in total. The van der Waals surface area contributed by atoms with Crippen LogP contribution in [0.2, 0.25) is 10.0 Å². The minimum atomic E-state index is -3.55. The maximum Gasteiger partial charge on any atom is 0.255 e. The van der Waals surface area contributed by atoms with Gasteiger partial charge in [-0.1, -0.05) is 30.1 Å². The Hall–Kier alpha value is -1.60. The predicted octanol–water partition coefficient (Wildman–Crippen LogP) is 4.67. The first-order valence-corrected chi connectivity index (χ1v) is 10.8. The molecule has 0 aromatic heterocycles. The summed E-state index contributed by atoms with van der Waals surface area (Å²) in [6.07, 6.45) is 1.90. The first kappa shape index (κ1) is 20.1. The highest BCUT2D eigenvalue weighted by Crippen LogP contribution is 2.27. The minimum Gasteiger partial charge on any atom is -0.321 e. The lowest BCUT2D eigenvalue weighted by Gasteiger charge is -2.30. The number of piperidine rings is 1.